The minimum atomic E-state index is -1.03. The van der Waals surface area contributed by atoms with Crippen LogP contribution in [0.25, 0.3) is 0 Å². The molecular formula is C13H13FO3. The average Bonchev–Trinajstić information content (AvgIpc) is 2.75. The first-order valence-corrected chi connectivity index (χ1v) is 5.19. The lowest BCUT2D eigenvalue weighted by molar-refractivity contribution is 0.183. The van der Waals surface area contributed by atoms with Gasteiger partial charge in [0.15, 0.2) is 0 Å². The van der Waals surface area contributed by atoms with E-state index in [0.29, 0.717) is 22.8 Å². The van der Waals surface area contributed by atoms with Gasteiger partial charge in [0.1, 0.15) is 29.2 Å². The van der Waals surface area contributed by atoms with E-state index in [4.69, 9.17) is 9.15 Å². The number of ether oxygens (including phenoxy) is 1. The molecule has 0 bridgehead atoms. The van der Waals surface area contributed by atoms with Crippen molar-refractivity contribution in [3.05, 3.63) is 53.2 Å². The molecule has 0 aliphatic carbocycles. The van der Waals surface area contributed by atoms with E-state index in [9.17, 15) is 9.50 Å². The van der Waals surface area contributed by atoms with Crippen LogP contribution in [0.3, 0.4) is 0 Å². The Morgan fingerprint density at radius 2 is 2.06 bits per heavy atom. The Balaban J connectivity index is 2.42. The summed E-state index contributed by atoms with van der Waals surface area (Å²) in [4.78, 5) is 0. The van der Waals surface area contributed by atoms with Gasteiger partial charge in [-0.25, -0.2) is 4.39 Å². The van der Waals surface area contributed by atoms with Gasteiger partial charge in [-0.1, -0.05) is 0 Å². The Hall–Kier alpha value is -1.81. The zero-order valence-corrected chi connectivity index (χ0v) is 9.61. The Labute approximate surface area is 98.5 Å². The van der Waals surface area contributed by atoms with E-state index in [1.54, 1.807) is 19.1 Å². The van der Waals surface area contributed by atoms with Crippen LogP contribution in [0.1, 0.15) is 23.2 Å². The quantitative estimate of drug-likeness (QED) is 0.891. The number of methoxy groups -OCH3 is 1. The molecule has 2 rings (SSSR count). The lowest BCUT2D eigenvalue weighted by atomic mass is 10.1. The van der Waals surface area contributed by atoms with Gasteiger partial charge in [0.05, 0.1) is 7.11 Å². The molecule has 17 heavy (non-hydrogen) atoms. The van der Waals surface area contributed by atoms with Crippen LogP contribution in [0.5, 0.6) is 5.75 Å². The molecule has 1 heterocycles. The minimum Gasteiger partial charge on any atom is -0.496 e. The SMILES string of the molecule is COc1ccc(F)cc1[C@H](O)c1ccc(C)o1. The number of aryl methyl sites for hydroxylation is 1. The standard InChI is InChI=1S/C13H13FO3/c1-8-3-5-12(17-8)13(15)10-7-9(14)4-6-11(10)16-2/h3-7,13,15H,1-2H3/t13-/m0/s1. The highest BCUT2D eigenvalue weighted by atomic mass is 19.1. The molecule has 0 radical (unpaired) electrons. The smallest absolute Gasteiger partial charge is 0.140 e. The lowest BCUT2D eigenvalue weighted by Gasteiger charge is -2.12. The number of benzene rings is 1. The summed E-state index contributed by atoms with van der Waals surface area (Å²) < 4.78 is 23.6. The Bertz CT molecular complexity index is 519. The van der Waals surface area contributed by atoms with Gasteiger partial charge in [0.2, 0.25) is 0 Å². The Morgan fingerprint density at radius 1 is 1.29 bits per heavy atom. The van der Waals surface area contributed by atoms with Crippen molar-refractivity contribution in [3.63, 3.8) is 0 Å². The summed E-state index contributed by atoms with van der Waals surface area (Å²) in [5.41, 5.74) is 0.349. The molecule has 0 spiro atoms. The Kier molecular flexibility index (Phi) is 3.15. The number of furan rings is 1. The molecule has 0 amide bonds. The summed E-state index contributed by atoms with van der Waals surface area (Å²) in [6, 6.07) is 7.39. The zero-order chi connectivity index (χ0) is 12.4. The normalized spacial score (nSPS) is 12.5. The van der Waals surface area contributed by atoms with E-state index >= 15 is 0 Å². The fourth-order valence-corrected chi connectivity index (χ4v) is 1.67. The molecule has 1 aromatic carbocycles. The van der Waals surface area contributed by atoms with Gasteiger partial charge >= 0.3 is 0 Å². The summed E-state index contributed by atoms with van der Waals surface area (Å²) in [5, 5.41) is 10.1. The number of hydrogen-bond acceptors (Lipinski definition) is 3. The molecule has 3 nitrogen and oxygen atoms in total. The maximum atomic E-state index is 13.2. The molecule has 90 valence electrons. The van der Waals surface area contributed by atoms with Crippen molar-refractivity contribution in [1.29, 1.82) is 0 Å². The highest BCUT2D eigenvalue weighted by molar-refractivity contribution is 5.38. The van der Waals surface area contributed by atoms with Crippen molar-refractivity contribution in [2.75, 3.05) is 7.11 Å². The summed E-state index contributed by atoms with van der Waals surface area (Å²) in [7, 11) is 1.47. The summed E-state index contributed by atoms with van der Waals surface area (Å²) >= 11 is 0. The fraction of sp³-hybridized carbons (Fsp3) is 0.231. The zero-order valence-electron chi connectivity index (χ0n) is 9.61. The van der Waals surface area contributed by atoms with Crippen molar-refractivity contribution in [2.45, 2.75) is 13.0 Å². The van der Waals surface area contributed by atoms with Crippen molar-refractivity contribution < 1.29 is 18.7 Å². The third kappa shape index (κ3) is 2.31. The monoisotopic (exact) mass is 236 g/mol. The fourth-order valence-electron chi connectivity index (χ4n) is 1.67. The second-order valence-electron chi connectivity index (χ2n) is 3.74. The summed E-state index contributed by atoms with van der Waals surface area (Å²) in [6.07, 6.45) is -1.03. The van der Waals surface area contributed by atoms with E-state index in [2.05, 4.69) is 0 Å². The molecule has 0 saturated heterocycles. The van der Waals surface area contributed by atoms with Crippen LogP contribution in [0.2, 0.25) is 0 Å². The second-order valence-corrected chi connectivity index (χ2v) is 3.74. The van der Waals surface area contributed by atoms with Gasteiger partial charge < -0.3 is 14.3 Å². The van der Waals surface area contributed by atoms with Gasteiger partial charge in [-0.3, -0.25) is 0 Å². The van der Waals surface area contributed by atoms with E-state index in [-0.39, 0.29) is 0 Å². The number of aliphatic hydroxyl groups excluding tert-OH is 1. The Morgan fingerprint density at radius 3 is 2.65 bits per heavy atom. The molecule has 0 aliphatic rings. The maximum absolute atomic E-state index is 13.2. The summed E-state index contributed by atoms with van der Waals surface area (Å²) in [6.45, 7) is 1.78. The van der Waals surface area contributed by atoms with Gasteiger partial charge in [0.25, 0.3) is 0 Å². The van der Waals surface area contributed by atoms with Crippen molar-refractivity contribution >= 4 is 0 Å². The number of rotatable bonds is 3. The average molecular weight is 236 g/mol. The predicted octanol–water partition coefficient (Wildman–Crippen LogP) is 2.82. The maximum Gasteiger partial charge on any atom is 0.140 e. The van der Waals surface area contributed by atoms with E-state index in [0.717, 1.165) is 0 Å². The molecule has 0 aliphatic heterocycles. The van der Waals surface area contributed by atoms with Crippen molar-refractivity contribution in [1.82, 2.24) is 0 Å². The van der Waals surface area contributed by atoms with Gasteiger partial charge in [-0.15, -0.1) is 0 Å². The largest absolute Gasteiger partial charge is 0.496 e. The molecule has 4 heteroatoms. The van der Waals surface area contributed by atoms with Crippen LogP contribution < -0.4 is 4.74 Å². The first-order chi connectivity index (χ1) is 8.11. The molecule has 0 fully saturated rings. The molecule has 2 aromatic rings. The topological polar surface area (TPSA) is 42.6 Å². The molecule has 1 N–H and O–H groups in total. The molecule has 1 atom stereocenters. The van der Waals surface area contributed by atoms with Crippen molar-refractivity contribution in [2.24, 2.45) is 0 Å². The van der Waals surface area contributed by atoms with Crippen LogP contribution >= 0.6 is 0 Å². The van der Waals surface area contributed by atoms with Crippen LogP contribution in [-0.2, 0) is 0 Å². The third-order valence-electron chi connectivity index (χ3n) is 2.52. The van der Waals surface area contributed by atoms with E-state index in [1.807, 2.05) is 0 Å². The predicted molar refractivity (Wildman–Crippen MR) is 60.5 cm³/mol. The first-order valence-electron chi connectivity index (χ1n) is 5.19. The minimum absolute atomic E-state index is 0.349. The van der Waals surface area contributed by atoms with E-state index < -0.39 is 11.9 Å². The van der Waals surface area contributed by atoms with Crippen LogP contribution in [0, 0.1) is 12.7 Å². The third-order valence-corrected chi connectivity index (χ3v) is 2.52. The van der Waals surface area contributed by atoms with Gasteiger partial charge in [-0.05, 0) is 37.3 Å². The van der Waals surface area contributed by atoms with E-state index in [1.165, 1.54) is 25.3 Å². The molecular weight excluding hydrogens is 223 g/mol. The first kappa shape index (κ1) is 11.7. The second kappa shape index (κ2) is 4.59. The van der Waals surface area contributed by atoms with Crippen LogP contribution in [0.4, 0.5) is 4.39 Å². The number of hydrogen-bond donors (Lipinski definition) is 1. The van der Waals surface area contributed by atoms with Gasteiger partial charge in [-0.2, -0.15) is 0 Å². The molecule has 0 unspecified atom stereocenters. The molecule has 0 saturated carbocycles. The number of halogens is 1. The van der Waals surface area contributed by atoms with Crippen molar-refractivity contribution in [3.8, 4) is 5.75 Å². The summed E-state index contributed by atoms with van der Waals surface area (Å²) in [5.74, 6) is 1.05. The number of aliphatic hydroxyl groups is 1. The lowest BCUT2D eigenvalue weighted by Crippen LogP contribution is -2.02. The molecule has 1 aromatic heterocycles. The van der Waals surface area contributed by atoms with Crippen LogP contribution in [0.15, 0.2) is 34.7 Å². The highest BCUT2D eigenvalue weighted by Crippen LogP contribution is 2.31. The van der Waals surface area contributed by atoms with Gasteiger partial charge in [0, 0.05) is 5.56 Å². The van der Waals surface area contributed by atoms with Crippen LogP contribution in [-0.4, -0.2) is 12.2 Å². The highest BCUT2D eigenvalue weighted by Gasteiger charge is 2.19.